The fourth-order valence-corrected chi connectivity index (χ4v) is 2.22. The summed E-state index contributed by atoms with van der Waals surface area (Å²) in [5, 5.41) is 19.0. The summed E-state index contributed by atoms with van der Waals surface area (Å²) >= 11 is 0. The van der Waals surface area contributed by atoms with Crippen LogP contribution in [0.2, 0.25) is 0 Å². The Kier molecular flexibility index (Phi) is 3.95. The van der Waals surface area contributed by atoms with Crippen LogP contribution in [0.4, 0.5) is 37.7 Å². The van der Waals surface area contributed by atoms with Crippen molar-refractivity contribution in [2.45, 2.75) is 12.4 Å². The summed E-state index contributed by atoms with van der Waals surface area (Å²) in [5.74, 6) is -1.68. The van der Waals surface area contributed by atoms with Crippen molar-refractivity contribution in [3.05, 3.63) is 35.4 Å². The maximum atomic E-state index is 13.2. The first-order chi connectivity index (χ1) is 10.8. The molecular weight excluding hydrogens is 342 g/mol. The fourth-order valence-electron chi connectivity index (χ4n) is 2.22. The number of alkyl halides is 6. The number of phenolic OH excluding ortho intramolecular Hbond substituents is 2. The van der Waals surface area contributed by atoms with E-state index >= 15 is 0 Å². The lowest BCUT2D eigenvalue weighted by Crippen LogP contribution is -2.13. The van der Waals surface area contributed by atoms with Crippen LogP contribution in [0.1, 0.15) is 11.1 Å². The molecule has 0 saturated heterocycles. The summed E-state index contributed by atoms with van der Waals surface area (Å²) in [6.45, 7) is 0. The topological polar surface area (TPSA) is 92.5 Å². The van der Waals surface area contributed by atoms with Gasteiger partial charge < -0.3 is 21.7 Å². The van der Waals surface area contributed by atoms with Gasteiger partial charge in [0.15, 0.2) is 5.75 Å². The van der Waals surface area contributed by atoms with Gasteiger partial charge in [-0.25, -0.2) is 0 Å². The quantitative estimate of drug-likeness (QED) is 0.355. The van der Waals surface area contributed by atoms with Crippen molar-refractivity contribution in [1.82, 2.24) is 0 Å². The number of hydrogen-bond acceptors (Lipinski definition) is 4. The second-order valence-electron chi connectivity index (χ2n) is 4.88. The van der Waals surface area contributed by atoms with E-state index in [1.54, 1.807) is 0 Å². The van der Waals surface area contributed by atoms with E-state index in [0.29, 0.717) is 18.2 Å². The van der Waals surface area contributed by atoms with Crippen LogP contribution in [-0.4, -0.2) is 10.2 Å². The van der Waals surface area contributed by atoms with Gasteiger partial charge in [-0.05, 0) is 24.3 Å². The Morgan fingerprint density at radius 2 is 1.33 bits per heavy atom. The zero-order valence-corrected chi connectivity index (χ0v) is 11.6. The number of nitrogens with two attached hydrogens (primary N) is 2. The number of phenols is 2. The average Bonchev–Trinajstić information content (AvgIpc) is 2.41. The number of benzene rings is 2. The minimum atomic E-state index is -5.10. The molecule has 0 unspecified atom stereocenters. The van der Waals surface area contributed by atoms with Crippen LogP contribution in [0, 0.1) is 0 Å². The van der Waals surface area contributed by atoms with E-state index in [9.17, 15) is 36.6 Å². The minimum Gasteiger partial charge on any atom is -0.508 e. The molecule has 0 saturated carbocycles. The molecule has 130 valence electrons. The predicted octanol–water partition coefficient (Wildman–Crippen LogP) is 3.97. The summed E-state index contributed by atoms with van der Waals surface area (Å²) in [4.78, 5) is 0. The number of aromatic hydroxyl groups is 2. The molecule has 0 aliphatic heterocycles. The molecule has 0 bridgehead atoms. The summed E-state index contributed by atoms with van der Waals surface area (Å²) in [7, 11) is 0. The maximum Gasteiger partial charge on any atom is 0.417 e. The van der Waals surface area contributed by atoms with Crippen LogP contribution < -0.4 is 11.5 Å². The molecule has 0 aliphatic rings. The van der Waals surface area contributed by atoms with Crippen LogP contribution in [0.25, 0.3) is 11.1 Å². The smallest absolute Gasteiger partial charge is 0.417 e. The molecule has 6 N–H and O–H groups in total. The van der Waals surface area contributed by atoms with Gasteiger partial charge in [0.25, 0.3) is 0 Å². The van der Waals surface area contributed by atoms with Crippen molar-refractivity contribution in [1.29, 1.82) is 0 Å². The van der Waals surface area contributed by atoms with Crippen molar-refractivity contribution in [3.8, 4) is 22.6 Å². The standard InChI is InChI=1S/C14H10F6N2O2/c15-13(16,17)7-2-1-5(23)3-6(7)10-8(14(18,19)20)4-9(21)12(24)11(10)22/h1-4,23-24H,21-22H2. The van der Waals surface area contributed by atoms with Crippen LogP contribution in [-0.2, 0) is 12.4 Å². The van der Waals surface area contributed by atoms with E-state index in [1.165, 1.54) is 0 Å². The highest BCUT2D eigenvalue weighted by Crippen LogP contribution is 2.49. The number of hydrogen-bond donors (Lipinski definition) is 4. The molecule has 0 aromatic heterocycles. The lowest BCUT2D eigenvalue weighted by atomic mass is 9.92. The van der Waals surface area contributed by atoms with Gasteiger partial charge in [-0.1, -0.05) is 0 Å². The number of nitrogen functional groups attached to an aromatic ring is 2. The zero-order valence-electron chi connectivity index (χ0n) is 11.6. The molecular formula is C14H10F6N2O2. The van der Waals surface area contributed by atoms with Gasteiger partial charge >= 0.3 is 12.4 Å². The third kappa shape index (κ3) is 2.99. The van der Waals surface area contributed by atoms with Gasteiger partial charge in [0.1, 0.15) is 5.75 Å². The lowest BCUT2D eigenvalue weighted by molar-refractivity contribution is -0.139. The monoisotopic (exact) mass is 352 g/mol. The van der Waals surface area contributed by atoms with Crippen molar-refractivity contribution in [3.63, 3.8) is 0 Å². The molecule has 4 nitrogen and oxygen atoms in total. The average molecular weight is 352 g/mol. The minimum absolute atomic E-state index is 0.283. The van der Waals surface area contributed by atoms with Gasteiger partial charge in [-0.15, -0.1) is 0 Å². The van der Waals surface area contributed by atoms with Crippen LogP contribution >= 0.6 is 0 Å². The third-order valence-corrected chi connectivity index (χ3v) is 3.25. The fraction of sp³-hybridized carbons (Fsp3) is 0.143. The summed E-state index contributed by atoms with van der Waals surface area (Å²) in [5.41, 5.74) is 3.74. The van der Waals surface area contributed by atoms with E-state index in [0.717, 1.165) is 0 Å². The maximum absolute atomic E-state index is 13.2. The Morgan fingerprint density at radius 3 is 1.83 bits per heavy atom. The lowest BCUT2D eigenvalue weighted by Gasteiger charge is -2.21. The van der Waals surface area contributed by atoms with Crippen molar-refractivity contribution in [2.24, 2.45) is 0 Å². The van der Waals surface area contributed by atoms with Crippen molar-refractivity contribution >= 4 is 11.4 Å². The highest BCUT2D eigenvalue weighted by molar-refractivity contribution is 5.89. The van der Waals surface area contributed by atoms with E-state index < -0.39 is 57.5 Å². The zero-order chi connectivity index (χ0) is 18.4. The molecule has 0 radical (unpaired) electrons. The van der Waals surface area contributed by atoms with Crippen molar-refractivity contribution in [2.75, 3.05) is 11.5 Å². The number of halogens is 6. The SMILES string of the molecule is Nc1cc(C(F)(F)F)c(-c2cc(O)ccc2C(F)(F)F)c(N)c1O. The van der Waals surface area contributed by atoms with Crippen LogP contribution in [0.5, 0.6) is 11.5 Å². The second kappa shape index (κ2) is 5.39. The molecule has 2 aromatic carbocycles. The number of anilines is 2. The molecule has 0 spiro atoms. The molecule has 0 heterocycles. The normalized spacial score (nSPS) is 12.4. The largest absolute Gasteiger partial charge is 0.508 e. The Labute approximate surface area is 130 Å². The summed E-state index contributed by atoms with van der Waals surface area (Å²) in [6, 6.07) is 1.86. The highest BCUT2D eigenvalue weighted by Gasteiger charge is 2.40. The van der Waals surface area contributed by atoms with Gasteiger partial charge in [-0.3, -0.25) is 0 Å². The van der Waals surface area contributed by atoms with E-state index in [1.807, 2.05) is 0 Å². The molecule has 2 rings (SSSR count). The van der Waals surface area contributed by atoms with E-state index in [4.69, 9.17) is 11.5 Å². The predicted molar refractivity (Wildman–Crippen MR) is 74.0 cm³/mol. The molecule has 0 fully saturated rings. The van der Waals surface area contributed by atoms with E-state index in [2.05, 4.69) is 0 Å². The Morgan fingerprint density at radius 1 is 0.792 bits per heavy atom. The second-order valence-corrected chi connectivity index (χ2v) is 4.88. The Bertz CT molecular complexity index is 799. The first kappa shape index (κ1) is 17.6. The third-order valence-electron chi connectivity index (χ3n) is 3.25. The Hall–Kier alpha value is -2.78. The Balaban J connectivity index is 2.98. The molecule has 10 heteroatoms. The molecule has 0 aliphatic carbocycles. The summed E-state index contributed by atoms with van der Waals surface area (Å²) < 4.78 is 79.0. The molecule has 0 atom stereocenters. The van der Waals surface area contributed by atoms with Gasteiger partial charge in [0.05, 0.1) is 22.5 Å². The molecule has 2 aromatic rings. The van der Waals surface area contributed by atoms with Gasteiger partial charge in [0, 0.05) is 11.1 Å². The highest BCUT2D eigenvalue weighted by atomic mass is 19.4. The molecule has 0 amide bonds. The molecule has 24 heavy (non-hydrogen) atoms. The van der Waals surface area contributed by atoms with Gasteiger partial charge in [-0.2, -0.15) is 26.3 Å². The van der Waals surface area contributed by atoms with Gasteiger partial charge in [0.2, 0.25) is 0 Å². The summed E-state index contributed by atoms with van der Waals surface area (Å²) in [6.07, 6.45) is -10.1. The van der Waals surface area contributed by atoms with E-state index in [-0.39, 0.29) is 6.07 Å². The first-order valence-electron chi connectivity index (χ1n) is 6.22. The van der Waals surface area contributed by atoms with Crippen LogP contribution in [0.3, 0.4) is 0 Å². The number of rotatable bonds is 1. The van der Waals surface area contributed by atoms with Crippen molar-refractivity contribution < 1.29 is 36.6 Å². The van der Waals surface area contributed by atoms with Crippen LogP contribution in [0.15, 0.2) is 24.3 Å². The first-order valence-corrected chi connectivity index (χ1v) is 6.22.